The molecule has 0 spiro atoms. The maximum absolute atomic E-state index is 6.18. The van der Waals surface area contributed by atoms with Gasteiger partial charge in [-0.2, -0.15) is 16.7 Å². The van der Waals surface area contributed by atoms with Crippen LogP contribution in [-0.4, -0.2) is 34.1 Å². The maximum Gasteiger partial charge on any atom is 0.224 e. The zero-order chi connectivity index (χ0) is 14.4. The highest BCUT2D eigenvalue weighted by Crippen LogP contribution is 2.38. The molecule has 0 radical (unpaired) electrons. The molecular weight excluding hydrogens is 292 g/mol. The molecule has 0 atom stereocenters. The van der Waals surface area contributed by atoms with Crippen molar-refractivity contribution in [1.29, 1.82) is 0 Å². The van der Waals surface area contributed by atoms with Gasteiger partial charge in [-0.1, -0.05) is 30.9 Å². The second kappa shape index (κ2) is 7.36. The van der Waals surface area contributed by atoms with E-state index in [2.05, 4.69) is 26.9 Å². The molecule has 0 aliphatic heterocycles. The lowest BCUT2D eigenvalue weighted by molar-refractivity contribution is 0.411. The molecule has 4 nitrogen and oxygen atoms in total. The summed E-state index contributed by atoms with van der Waals surface area (Å²) in [4.78, 5) is 8.60. The maximum atomic E-state index is 6.18. The highest BCUT2D eigenvalue weighted by molar-refractivity contribution is 8.00. The van der Waals surface area contributed by atoms with Gasteiger partial charge >= 0.3 is 0 Å². The van der Waals surface area contributed by atoms with E-state index in [4.69, 9.17) is 11.6 Å². The summed E-state index contributed by atoms with van der Waals surface area (Å²) in [6.45, 7) is 3.74. The Hall–Kier alpha value is -0.680. The Bertz CT molecular complexity index is 435. The third kappa shape index (κ3) is 3.92. The summed E-state index contributed by atoms with van der Waals surface area (Å²) in [5, 5.41) is 7.12. The number of halogens is 1. The average Bonchev–Trinajstić information content (AvgIpc) is 2.49. The molecule has 112 valence electrons. The molecular formula is C14H23ClN4S. The predicted molar refractivity (Wildman–Crippen MR) is 89.0 cm³/mol. The van der Waals surface area contributed by atoms with Crippen LogP contribution >= 0.6 is 23.4 Å². The van der Waals surface area contributed by atoms with Crippen LogP contribution in [0.25, 0.3) is 0 Å². The van der Waals surface area contributed by atoms with E-state index in [9.17, 15) is 0 Å². The zero-order valence-corrected chi connectivity index (χ0v) is 13.8. The molecule has 1 saturated carbocycles. The number of hydrogen-bond donors (Lipinski definition) is 2. The molecule has 1 aromatic rings. The minimum absolute atomic E-state index is 0.324. The highest BCUT2D eigenvalue weighted by atomic mass is 35.5. The Morgan fingerprint density at radius 3 is 2.70 bits per heavy atom. The summed E-state index contributed by atoms with van der Waals surface area (Å²) in [7, 11) is 0. The standard InChI is InChI=1S/C14H23ClN4S/c1-3-16-13-17-9-11(15)12(19-13)18-10-14(20-2)7-5-4-6-8-14/h9H,3-8,10H2,1-2H3,(H2,16,17,18,19). The Balaban J connectivity index is 2.03. The van der Waals surface area contributed by atoms with Gasteiger partial charge in [0.1, 0.15) is 5.02 Å². The number of aromatic nitrogens is 2. The molecule has 2 N–H and O–H groups in total. The number of nitrogens with one attached hydrogen (secondary N) is 2. The number of rotatable bonds is 6. The predicted octanol–water partition coefficient (Wildman–Crippen LogP) is 4.04. The Morgan fingerprint density at radius 2 is 2.05 bits per heavy atom. The number of nitrogens with zero attached hydrogens (tertiary/aromatic N) is 2. The SMILES string of the molecule is CCNc1ncc(Cl)c(NCC2(SC)CCCCC2)n1. The second-order valence-electron chi connectivity index (χ2n) is 5.22. The van der Waals surface area contributed by atoms with Crippen LogP contribution in [0.4, 0.5) is 11.8 Å². The Labute approximate surface area is 130 Å². The molecule has 1 fully saturated rings. The van der Waals surface area contributed by atoms with Crippen LogP contribution in [0.3, 0.4) is 0 Å². The van der Waals surface area contributed by atoms with Gasteiger partial charge in [0.25, 0.3) is 0 Å². The molecule has 1 aromatic heterocycles. The van der Waals surface area contributed by atoms with Crippen LogP contribution in [0.1, 0.15) is 39.0 Å². The number of anilines is 2. The average molecular weight is 315 g/mol. The summed E-state index contributed by atoms with van der Waals surface area (Å²) in [5.74, 6) is 1.36. The molecule has 1 aliphatic carbocycles. The van der Waals surface area contributed by atoms with Crippen molar-refractivity contribution in [3.8, 4) is 0 Å². The van der Waals surface area contributed by atoms with Crippen molar-refractivity contribution in [2.24, 2.45) is 0 Å². The van der Waals surface area contributed by atoms with E-state index in [-0.39, 0.29) is 0 Å². The van der Waals surface area contributed by atoms with Crippen molar-refractivity contribution in [1.82, 2.24) is 9.97 Å². The summed E-state index contributed by atoms with van der Waals surface area (Å²) < 4.78 is 0.324. The van der Waals surface area contributed by atoms with Crippen LogP contribution in [0.15, 0.2) is 6.20 Å². The minimum Gasteiger partial charge on any atom is -0.367 e. The van der Waals surface area contributed by atoms with Crippen LogP contribution in [0, 0.1) is 0 Å². The molecule has 0 saturated heterocycles. The molecule has 6 heteroatoms. The summed E-state index contributed by atoms with van der Waals surface area (Å²) >= 11 is 8.15. The smallest absolute Gasteiger partial charge is 0.224 e. The molecule has 0 amide bonds. The zero-order valence-electron chi connectivity index (χ0n) is 12.2. The van der Waals surface area contributed by atoms with Crippen molar-refractivity contribution in [2.75, 3.05) is 30.0 Å². The first-order valence-electron chi connectivity index (χ1n) is 7.24. The normalized spacial score (nSPS) is 17.8. The van der Waals surface area contributed by atoms with Crippen LogP contribution in [0.2, 0.25) is 5.02 Å². The molecule has 0 bridgehead atoms. The lowest BCUT2D eigenvalue weighted by Crippen LogP contribution is -2.35. The van der Waals surface area contributed by atoms with Gasteiger partial charge in [-0.15, -0.1) is 0 Å². The van der Waals surface area contributed by atoms with E-state index in [1.165, 1.54) is 32.1 Å². The van der Waals surface area contributed by atoms with Crippen molar-refractivity contribution in [3.05, 3.63) is 11.2 Å². The van der Waals surface area contributed by atoms with Crippen LogP contribution in [-0.2, 0) is 0 Å². The van der Waals surface area contributed by atoms with Crippen LogP contribution in [0.5, 0.6) is 0 Å². The fourth-order valence-electron chi connectivity index (χ4n) is 2.63. The lowest BCUT2D eigenvalue weighted by atomic mass is 9.88. The minimum atomic E-state index is 0.324. The third-order valence-corrected chi connectivity index (χ3v) is 5.55. The van der Waals surface area contributed by atoms with Gasteiger partial charge in [0, 0.05) is 17.8 Å². The van der Waals surface area contributed by atoms with E-state index in [0.29, 0.717) is 15.7 Å². The fourth-order valence-corrected chi connectivity index (χ4v) is 3.70. The molecule has 1 heterocycles. The van der Waals surface area contributed by atoms with Crippen LogP contribution < -0.4 is 10.6 Å². The number of hydrogen-bond acceptors (Lipinski definition) is 5. The van der Waals surface area contributed by atoms with E-state index < -0.39 is 0 Å². The third-order valence-electron chi connectivity index (χ3n) is 3.85. The van der Waals surface area contributed by atoms with Gasteiger partial charge in [0.05, 0.1) is 6.20 Å². The second-order valence-corrected chi connectivity index (χ2v) is 6.90. The molecule has 2 rings (SSSR count). The first-order chi connectivity index (χ1) is 9.69. The van der Waals surface area contributed by atoms with Gasteiger partial charge in [0.2, 0.25) is 5.95 Å². The Kier molecular flexibility index (Phi) is 5.78. The van der Waals surface area contributed by atoms with Gasteiger partial charge in [-0.3, -0.25) is 0 Å². The summed E-state index contributed by atoms with van der Waals surface area (Å²) in [6.07, 6.45) is 10.4. The summed E-state index contributed by atoms with van der Waals surface area (Å²) in [5.41, 5.74) is 0. The van der Waals surface area contributed by atoms with Gasteiger partial charge in [0.15, 0.2) is 5.82 Å². The first-order valence-corrected chi connectivity index (χ1v) is 8.85. The van der Waals surface area contributed by atoms with Gasteiger partial charge in [-0.25, -0.2) is 4.98 Å². The van der Waals surface area contributed by atoms with Crippen molar-refractivity contribution in [2.45, 2.75) is 43.8 Å². The topological polar surface area (TPSA) is 49.8 Å². The molecule has 20 heavy (non-hydrogen) atoms. The first kappa shape index (κ1) is 15.7. The molecule has 0 aromatic carbocycles. The van der Waals surface area contributed by atoms with Crippen molar-refractivity contribution in [3.63, 3.8) is 0 Å². The van der Waals surface area contributed by atoms with E-state index >= 15 is 0 Å². The highest BCUT2D eigenvalue weighted by Gasteiger charge is 2.31. The fraction of sp³-hybridized carbons (Fsp3) is 0.714. The number of thioether (sulfide) groups is 1. The molecule has 0 unspecified atom stereocenters. The van der Waals surface area contributed by atoms with Gasteiger partial charge < -0.3 is 10.6 Å². The largest absolute Gasteiger partial charge is 0.367 e. The Morgan fingerprint density at radius 1 is 1.30 bits per heavy atom. The van der Waals surface area contributed by atoms with Gasteiger partial charge in [-0.05, 0) is 26.0 Å². The summed E-state index contributed by atoms with van der Waals surface area (Å²) in [6, 6.07) is 0. The lowest BCUT2D eigenvalue weighted by Gasteiger charge is -2.36. The van der Waals surface area contributed by atoms with E-state index in [0.717, 1.165) is 18.9 Å². The molecule has 1 aliphatic rings. The van der Waals surface area contributed by atoms with Crippen molar-refractivity contribution < 1.29 is 0 Å². The van der Waals surface area contributed by atoms with E-state index in [1.807, 2.05) is 18.7 Å². The van der Waals surface area contributed by atoms with E-state index in [1.54, 1.807) is 6.20 Å². The monoisotopic (exact) mass is 314 g/mol. The van der Waals surface area contributed by atoms with Crippen molar-refractivity contribution >= 4 is 35.1 Å². The quantitative estimate of drug-likeness (QED) is 0.830.